The average molecular weight is 272 g/mol. The first-order chi connectivity index (χ1) is 7.02. The van der Waals surface area contributed by atoms with Crippen LogP contribution in [0.15, 0.2) is 22.7 Å². The summed E-state index contributed by atoms with van der Waals surface area (Å²) in [5, 5.41) is 10.7. The Balaban J connectivity index is 2.82. The normalized spacial score (nSPS) is 9.73. The van der Waals surface area contributed by atoms with Crippen LogP contribution in [0, 0.1) is 6.92 Å². The van der Waals surface area contributed by atoms with Crippen molar-refractivity contribution in [2.45, 2.75) is 6.92 Å². The molecule has 15 heavy (non-hydrogen) atoms. The molecule has 0 fully saturated rings. The molecule has 0 saturated carbocycles. The van der Waals surface area contributed by atoms with Crippen LogP contribution in [-0.4, -0.2) is 23.5 Å². The predicted molar refractivity (Wildman–Crippen MR) is 58.8 cm³/mol. The summed E-state index contributed by atoms with van der Waals surface area (Å²) >= 11 is 3.28. The van der Waals surface area contributed by atoms with Gasteiger partial charge in [-0.2, -0.15) is 0 Å². The number of amides is 1. The summed E-state index contributed by atoms with van der Waals surface area (Å²) in [7, 11) is 0. The molecule has 0 heterocycles. The molecule has 0 saturated heterocycles. The van der Waals surface area contributed by atoms with Gasteiger partial charge in [0, 0.05) is 4.47 Å². The molecule has 5 heteroatoms. The van der Waals surface area contributed by atoms with E-state index in [9.17, 15) is 9.59 Å². The van der Waals surface area contributed by atoms with Gasteiger partial charge in [-0.05, 0) is 34.5 Å². The first-order valence-corrected chi connectivity index (χ1v) is 5.06. The Hall–Kier alpha value is -1.36. The van der Waals surface area contributed by atoms with Gasteiger partial charge in [0.1, 0.15) is 6.54 Å². The number of carboxylic acids is 1. The van der Waals surface area contributed by atoms with E-state index in [1.54, 1.807) is 12.1 Å². The molecular formula is C10H10BrNO3. The standard InChI is InChI=1S/C10H10BrNO3/c1-6-3-2-4-7(9(6)11)10(15)12-5-8(13)14/h2-4H,5H2,1H3,(H,12,15)(H,13,14). The molecule has 0 aromatic heterocycles. The number of aliphatic carboxylic acids is 1. The van der Waals surface area contributed by atoms with Gasteiger partial charge in [-0.3, -0.25) is 9.59 Å². The topological polar surface area (TPSA) is 66.4 Å². The van der Waals surface area contributed by atoms with Crippen LogP contribution in [0.4, 0.5) is 0 Å². The summed E-state index contributed by atoms with van der Waals surface area (Å²) in [6.45, 7) is 1.48. The van der Waals surface area contributed by atoms with E-state index in [1.807, 2.05) is 13.0 Å². The maximum absolute atomic E-state index is 11.5. The number of aryl methyl sites for hydroxylation is 1. The van der Waals surface area contributed by atoms with Gasteiger partial charge in [-0.1, -0.05) is 12.1 Å². The van der Waals surface area contributed by atoms with E-state index in [-0.39, 0.29) is 6.54 Å². The molecule has 80 valence electrons. The smallest absolute Gasteiger partial charge is 0.322 e. The van der Waals surface area contributed by atoms with E-state index in [2.05, 4.69) is 21.2 Å². The minimum Gasteiger partial charge on any atom is -0.480 e. The summed E-state index contributed by atoms with van der Waals surface area (Å²) in [5.74, 6) is -1.46. The Morgan fingerprint density at radius 1 is 1.47 bits per heavy atom. The average Bonchev–Trinajstić information content (AvgIpc) is 2.18. The molecule has 4 nitrogen and oxygen atoms in total. The molecule has 0 spiro atoms. The zero-order valence-electron chi connectivity index (χ0n) is 8.08. The Morgan fingerprint density at radius 2 is 2.13 bits per heavy atom. The van der Waals surface area contributed by atoms with Crippen LogP contribution in [0.3, 0.4) is 0 Å². The van der Waals surface area contributed by atoms with Crippen molar-refractivity contribution in [3.05, 3.63) is 33.8 Å². The lowest BCUT2D eigenvalue weighted by atomic mass is 10.1. The number of rotatable bonds is 3. The summed E-state index contributed by atoms with van der Waals surface area (Å²) in [6.07, 6.45) is 0. The molecular weight excluding hydrogens is 262 g/mol. The lowest BCUT2D eigenvalue weighted by Crippen LogP contribution is -2.29. The van der Waals surface area contributed by atoms with Crippen molar-refractivity contribution in [1.82, 2.24) is 5.32 Å². The number of hydrogen-bond donors (Lipinski definition) is 2. The summed E-state index contributed by atoms with van der Waals surface area (Å²) in [4.78, 5) is 21.8. The third-order valence-corrected chi connectivity index (χ3v) is 2.89. The van der Waals surface area contributed by atoms with Crippen LogP contribution in [0.1, 0.15) is 15.9 Å². The minimum atomic E-state index is -1.06. The van der Waals surface area contributed by atoms with Gasteiger partial charge in [0.05, 0.1) is 5.56 Å². The number of halogens is 1. The molecule has 0 unspecified atom stereocenters. The van der Waals surface area contributed by atoms with E-state index >= 15 is 0 Å². The molecule has 0 bridgehead atoms. The first kappa shape index (κ1) is 11.7. The lowest BCUT2D eigenvalue weighted by Gasteiger charge is -2.06. The van der Waals surface area contributed by atoms with E-state index in [1.165, 1.54) is 0 Å². The molecule has 0 aliphatic rings. The third-order valence-electron chi connectivity index (χ3n) is 1.84. The van der Waals surface area contributed by atoms with Crippen LogP contribution in [0.2, 0.25) is 0 Å². The van der Waals surface area contributed by atoms with Gasteiger partial charge in [0.25, 0.3) is 5.91 Å². The van der Waals surface area contributed by atoms with Crippen LogP contribution in [0.25, 0.3) is 0 Å². The van der Waals surface area contributed by atoms with Crippen LogP contribution >= 0.6 is 15.9 Å². The Labute approximate surface area is 95.4 Å². The van der Waals surface area contributed by atoms with Crippen molar-refractivity contribution in [3.63, 3.8) is 0 Å². The van der Waals surface area contributed by atoms with Crippen molar-refractivity contribution in [2.24, 2.45) is 0 Å². The number of carboxylic acid groups (broad SMARTS) is 1. The van der Waals surface area contributed by atoms with Gasteiger partial charge in [0.2, 0.25) is 0 Å². The van der Waals surface area contributed by atoms with E-state index in [0.29, 0.717) is 10.0 Å². The number of carbonyl (C=O) groups is 2. The molecule has 0 radical (unpaired) electrons. The number of carbonyl (C=O) groups excluding carboxylic acids is 1. The predicted octanol–water partition coefficient (Wildman–Crippen LogP) is 1.57. The quantitative estimate of drug-likeness (QED) is 0.877. The molecule has 1 aromatic carbocycles. The SMILES string of the molecule is Cc1cccc(C(=O)NCC(=O)O)c1Br. The highest BCUT2D eigenvalue weighted by molar-refractivity contribution is 9.10. The second-order valence-corrected chi connectivity index (χ2v) is 3.81. The van der Waals surface area contributed by atoms with Crippen molar-refractivity contribution in [3.8, 4) is 0 Å². The number of benzene rings is 1. The lowest BCUT2D eigenvalue weighted by molar-refractivity contribution is -0.135. The highest BCUT2D eigenvalue weighted by Crippen LogP contribution is 2.20. The number of hydrogen-bond acceptors (Lipinski definition) is 2. The van der Waals surface area contributed by atoms with Crippen molar-refractivity contribution < 1.29 is 14.7 Å². The van der Waals surface area contributed by atoms with Gasteiger partial charge in [-0.15, -0.1) is 0 Å². The van der Waals surface area contributed by atoms with E-state index in [4.69, 9.17) is 5.11 Å². The van der Waals surface area contributed by atoms with Crippen molar-refractivity contribution >= 4 is 27.8 Å². The second kappa shape index (κ2) is 4.93. The van der Waals surface area contributed by atoms with Crippen LogP contribution in [-0.2, 0) is 4.79 Å². The largest absolute Gasteiger partial charge is 0.480 e. The minimum absolute atomic E-state index is 0.376. The molecule has 1 rings (SSSR count). The van der Waals surface area contributed by atoms with Gasteiger partial charge >= 0.3 is 5.97 Å². The highest BCUT2D eigenvalue weighted by Gasteiger charge is 2.11. The maximum Gasteiger partial charge on any atom is 0.322 e. The van der Waals surface area contributed by atoms with Gasteiger partial charge < -0.3 is 10.4 Å². The first-order valence-electron chi connectivity index (χ1n) is 4.27. The van der Waals surface area contributed by atoms with E-state index in [0.717, 1.165) is 5.56 Å². The van der Waals surface area contributed by atoms with E-state index < -0.39 is 11.9 Å². The monoisotopic (exact) mass is 271 g/mol. The molecule has 1 amide bonds. The summed E-state index contributed by atoms with van der Waals surface area (Å²) in [6, 6.07) is 5.24. The zero-order valence-corrected chi connectivity index (χ0v) is 9.67. The zero-order chi connectivity index (χ0) is 11.4. The third kappa shape index (κ3) is 3.06. The molecule has 1 aromatic rings. The number of nitrogens with one attached hydrogen (secondary N) is 1. The maximum atomic E-state index is 11.5. The molecule has 0 atom stereocenters. The summed E-state index contributed by atoms with van der Waals surface area (Å²) in [5.41, 5.74) is 1.37. The molecule has 0 aliphatic heterocycles. The van der Waals surface area contributed by atoms with Gasteiger partial charge in [-0.25, -0.2) is 0 Å². The second-order valence-electron chi connectivity index (χ2n) is 3.01. The van der Waals surface area contributed by atoms with Crippen molar-refractivity contribution in [1.29, 1.82) is 0 Å². The summed E-state index contributed by atoms with van der Waals surface area (Å²) < 4.78 is 0.688. The molecule has 0 aliphatic carbocycles. The van der Waals surface area contributed by atoms with Crippen LogP contribution < -0.4 is 5.32 Å². The Kier molecular flexibility index (Phi) is 3.85. The fourth-order valence-electron chi connectivity index (χ4n) is 1.07. The highest BCUT2D eigenvalue weighted by atomic mass is 79.9. The molecule has 2 N–H and O–H groups in total. The Morgan fingerprint density at radius 3 is 2.73 bits per heavy atom. The fourth-order valence-corrected chi connectivity index (χ4v) is 1.52. The van der Waals surface area contributed by atoms with Gasteiger partial charge in [0.15, 0.2) is 0 Å². The fraction of sp³-hybridized carbons (Fsp3) is 0.200. The Bertz CT molecular complexity index is 404. The van der Waals surface area contributed by atoms with Crippen molar-refractivity contribution in [2.75, 3.05) is 6.54 Å². The van der Waals surface area contributed by atoms with Crippen LogP contribution in [0.5, 0.6) is 0 Å².